The van der Waals surface area contributed by atoms with Crippen LogP contribution in [0.5, 0.6) is 0 Å². The first kappa shape index (κ1) is 41.4. The van der Waals surface area contributed by atoms with Gasteiger partial charge in [0, 0.05) is 84.4 Å². The smallest absolute Gasteiger partial charge is 0.329 e. The Morgan fingerprint density at radius 3 is 1.68 bits per heavy atom. The van der Waals surface area contributed by atoms with Crippen LogP contribution in [0.4, 0.5) is 55.9 Å². The van der Waals surface area contributed by atoms with Crippen molar-refractivity contribution in [3.63, 3.8) is 0 Å². The van der Waals surface area contributed by atoms with Gasteiger partial charge in [0.1, 0.15) is 35.9 Å². The zero-order valence-electron chi connectivity index (χ0n) is 35.0. The summed E-state index contributed by atoms with van der Waals surface area (Å²) in [6.07, 6.45) is 13.1. The van der Waals surface area contributed by atoms with Gasteiger partial charge in [-0.15, -0.1) is 0 Å². The van der Waals surface area contributed by atoms with Gasteiger partial charge >= 0.3 is 12.1 Å². The normalized spacial score (nSPS) is 21.4. The van der Waals surface area contributed by atoms with E-state index in [1.807, 2.05) is 17.0 Å². The van der Waals surface area contributed by atoms with Crippen LogP contribution < -0.4 is 45.3 Å². The number of urea groups is 2. The lowest BCUT2D eigenvalue weighted by Gasteiger charge is -2.46. The van der Waals surface area contributed by atoms with Crippen LogP contribution >= 0.6 is 0 Å². The van der Waals surface area contributed by atoms with Gasteiger partial charge in [-0.3, -0.25) is 20.4 Å². The number of carbonyl (C=O) groups excluding carboxylic acids is 2. The van der Waals surface area contributed by atoms with Crippen molar-refractivity contribution in [2.24, 2.45) is 0 Å². The third-order valence-corrected chi connectivity index (χ3v) is 13.6. The molecule has 21 heteroatoms. The fourth-order valence-corrected chi connectivity index (χ4v) is 10.2. The number of sulfonamides is 1. The molecule has 4 amide bonds. The topological polar surface area (TPSA) is 204 Å². The van der Waals surface area contributed by atoms with Gasteiger partial charge in [-0.25, -0.2) is 52.2 Å². The zero-order chi connectivity index (χ0) is 42.6. The maximum Gasteiger partial charge on any atom is 0.329 e. The molecule has 6 aliphatic heterocycles. The molecule has 10 heterocycles. The highest BCUT2D eigenvalue weighted by Gasteiger charge is 2.40. The van der Waals surface area contributed by atoms with Gasteiger partial charge in [-0.2, -0.15) is 0 Å². The van der Waals surface area contributed by atoms with Crippen LogP contribution in [0.2, 0.25) is 0 Å². The Morgan fingerprint density at radius 1 is 0.613 bits per heavy atom. The molecule has 6 aliphatic rings. The van der Waals surface area contributed by atoms with E-state index >= 15 is 0 Å². The molecular formula is C41H54N16O4S. The molecule has 2 atom stereocenters. The van der Waals surface area contributed by atoms with E-state index < -0.39 is 10.0 Å². The highest BCUT2D eigenvalue weighted by Crippen LogP contribution is 2.41. The molecule has 4 aromatic rings. The third kappa shape index (κ3) is 9.00. The second-order valence-corrected chi connectivity index (χ2v) is 18.4. The number of rotatable bonds is 5. The van der Waals surface area contributed by atoms with Crippen molar-refractivity contribution >= 4 is 68.4 Å². The summed E-state index contributed by atoms with van der Waals surface area (Å²) >= 11 is 0. The molecule has 328 valence electrons. The standard InChI is InChI=1S/C21H28N8O3S.C20H26N8O/c1-33(31,32)28-11-3-10-26(12-13-28)19-6-5-17-20(25-19)29(16-4-2-9-27(17)14-16)21(30)24-18-7-8-22-15-23-18;29-20(24-17-6-8-22-14-23-17)28-15-3-1-10-27(13-15)16-4-5-18(25-19(16)28)26-11-2-7-21-9-12-26/h5-8,15-16H,2-4,9-14H2,1H3,(H,22,23,24,30);4-6,8,14-15,21H,1-3,7,9-13H2,(H,22,23,24,29)/t16-;15-/m00/s1. The van der Waals surface area contributed by atoms with E-state index in [-0.39, 0.29) is 24.1 Å². The van der Waals surface area contributed by atoms with E-state index in [0.717, 1.165) is 120 Å². The van der Waals surface area contributed by atoms with Crippen LogP contribution in [-0.2, 0) is 10.0 Å². The molecule has 4 aromatic heterocycles. The number of piperidine rings is 2. The molecule has 4 saturated heterocycles. The van der Waals surface area contributed by atoms with E-state index in [1.54, 1.807) is 29.4 Å². The molecule has 62 heavy (non-hydrogen) atoms. The number of fused-ring (bicyclic) bond motifs is 8. The van der Waals surface area contributed by atoms with Crippen LogP contribution in [0.15, 0.2) is 61.4 Å². The highest BCUT2D eigenvalue weighted by molar-refractivity contribution is 7.88. The average molecular weight is 867 g/mol. The summed E-state index contributed by atoms with van der Waals surface area (Å²) in [7, 11) is -3.22. The Morgan fingerprint density at radius 2 is 1.15 bits per heavy atom. The number of nitrogens with one attached hydrogen (secondary N) is 3. The highest BCUT2D eigenvalue weighted by atomic mass is 32.2. The van der Waals surface area contributed by atoms with Crippen LogP contribution in [0, 0.1) is 0 Å². The van der Waals surface area contributed by atoms with E-state index in [1.165, 1.54) is 23.2 Å². The van der Waals surface area contributed by atoms with E-state index in [4.69, 9.17) is 9.97 Å². The molecule has 0 saturated carbocycles. The molecule has 0 radical (unpaired) electrons. The lowest BCUT2D eigenvalue weighted by Crippen LogP contribution is -2.56. The number of amides is 4. The van der Waals surface area contributed by atoms with Crippen molar-refractivity contribution in [2.45, 2.75) is 50.6 Å². The molecular weight excluding hydrogens is 813 g/mol. The van der Waals surface area contributed by atoms with Crippen LogP contribution in [0.25, 0.3) is 0 Å². The monoisotopic (exact) mass is 866 g/mol. The van der Waals surface area contributed by atoms with E-state index in [9.17, 15) is 18.0 Å². The van der Waals surface area contributed by atoms with Crippen molar-refractivity contribution in [2.75, 3.05) is 125 Å². The van der Waals surface area contributed by atoms with Crippen molar-refractivity contribution in [1.29, 1.82) is 0 Å². The lowest BCUT2D eigenvalue weighted by atomic mass is 10.00. The fourth-order valence-electron chi connectivity index (χ4n) is 9.30. The Labute approximate surface area is 361 Å². The first-order valence-corrected chi connectivity index (χ1v) is 23.4. The van der Waals surface area contributed by atoms with Crippen molar-refractivity contribution in [3.8, 4) is 0 Å². The summed E-state index contributed by atoms with van der Waals surface area (Å²) in [6, 6.07) is 11.3. The summed E-state index contributed by atoms with van der Waals surface area (Å²) in [5.41, 5.74) is 1.98. The van der Waals surface area contributed by atoms with Gasteiger partial charge < -0.3 is 24.9 Å². The van der Waals surface area contributed by atoms with E-state index in [2.05, 4.69) is 67.6 Å². The van der Waals surface area contributed by atoms with Gasteiger partial charge in [0.25, 0.3) is 0 Å². The maximum absolute atomic E-state index is 13.3. The molecule has 3 N–H and O–H groups in total. The second-order valence-electron chi connectivity index (χ2n) is 16.4. The SMILES string of the molecule is CS(=O)(=O)N1CCCN(c2ccc3c(n2)N(C(=O)Nc2ccncn2)[C@H]2CCCN3C2)CC1.O=C(Nc1ccncn1)N1c2nc(N3CCCNCC3)ccc2N2CCC[C@H]1C2. The summed E-state index contributed by atoms with van der Waals surface area (Å²) in [5, 5.41) is 9.23. The summed E-state index contributed by atoms with van der Waals surface area (Å²) < 4.78 is 25.5. The molecule has 10 rings (SSSR count). The lowest BCUT2D eigenvalue weighted by molar-refractivity contribution is 0.251. The number of carbonyl (C=O) groups is 2. The minimum absolute atomic E-state index is 0.0284. The maximum atomic E-state index is 13.3. The summed E-state index contributed by atoms with van der Waals surface area (Å²) in [5.74, 6) is 4.03. The number of hydrogen-bond donors (Lipinski definition) is 3. The predicted molar refractivity (Wildman–Crippen MR) is 239 cm³/mol. The molecule has 20 nitrogen and oxygen atoms in total. The fraction of sp³-hybridized carbons (Fsp3) is 0.512. The van der Waals surface area contributed by atoms with E-state index in [0.29, 0.717) is 43.6 Å². The zero-order valence-corrected chi connectivity index (χ0v) is 35.8. The van der Waals surface area contributed by atoms with Gasteiger partial charge in [0.2, 0.25) is 10.0 Å². The Hall–Kier alpha value is -5.93. The average Bonchev–Trinajstić information content (AvgIpc) is 3.72. The number of nitrogens with zero attached hydrogens (tertiary/aromatic N) is 13. The molecule has 0 aliphatic carbocycles. The first-order chi connectivity index (χ1) is 30.2. The van der Waals surface area contributed by atoms with Crippen LogP contribution in [0.1, 0.15) is 38.5 Å². The second kappa shape index (κ2) is 18.2. The Bertz CT molecular complexity index is 2320. The van der Waals surface area contributed by atoms with Gasteiger partial charge in [-0.05, 0) is 81.5 Å². The molecule has 4 bridgehead atoms. The third-order valence-electron chi connectivity index (χ3n) is 12.3. The number of aromatic nitrogens is 6. The van der Waals surface area contributed by atoms with Crippen molar-refractivity contribution in [1.82, 2.24) is 39.5 Å². The van der Waals surface area contributed by atoms with Crippen LogP contribution in [0.3, 0.4) is 0 Å². The molecule has 0 spiro atoms. The summed E-state index contributed by atoms with van der Waals surface area (Å²) in [4.78, 5) is 65.2. The van der Waals surface area contributed by atoms with Crippen molar-refractivity contribution < 1.29 is 18.0 Å². The number of anilines is 8. The van der Waals surface area contributed by atoms with Gasteiger partial charge in [0.05, 0.1) is 29.7 Å². The molecule has 4 fully saturated rings. The minimum atomic E-state index is -3.22. The van der Waals surface area contributed by atoms with Gasteiger partial charge in [0.15, 0.2) is 11.6 Å². The quantitative estimate of drug-likeness (QED) is 0.264. The number of hydrogen-bond acceptors (Lipinski definition) is 15. The predicted octanol–water partition coefficient (Wildman–Crippen LogP) is 3.06. The number of pyridine rings is 2. The van der Waals surface area contributed by atoms with Crippen molar-refractivity contribution in [3.05, 3.63) is 61.4 Å². The Balaban J connectivity index is 0.000000159. The molecule has 0 aromatic carbocycles. The van der Waals surface area contributed by atoms with Gasteiger partial charge in [-0.1, -0.05) is 0 Å². The largest absolute Gasteiger partial charge is 0.366 e. The first-order valence-electron chi connectivity index (χ1n) is 21.6. The molecule has 0 unspecified atom stereocenters. The Kier molecular flexibility index (Phi) is 12.2. The van der Waals surface area contributed by atoms with Crippen LogP contribution in [-0.4, -0.2) is 152 Å². The minimum Gasteiger partial charge on any atom is -0.366 e. The summed E-state index contributed by atoms with van der Waals surface area (Å²) in [6.45, 7) is 9.64.